The van der Waals surface area contributed by atoms with Crippen molar-refractivity contribution in [2.75, 3.05) is 12.4 Å². The van der Waals surface area contributed by atoms with Crippen LogP contribution in [-0.4, -0.2) is 18.0 Å². The van der Waals surface area contributed by atoms with Crippen LogP contribution in [0.15, 0.2) is 52.9 Å². The molecule has 1 N–H and O–H groups in total. The number of carbonyl (C=O) groups excluding carboxylic acids is 1. The van der Waals surface area contributed by atoms with Crippen molar-refractivity contribution >= 4 is 57.5 Å². The van der Waals surface area contributed by atoms with Gasteiger partial charge < -0.3 is 14.5 Å². The van der Waals surface area contributed by atoms with Gasteiger partial charge >= 0.3 is 0 Å². The number of amides is 1. The summed E-state index contributed by atoms with van der Waals surface area (Å²) in [5, 5.41) is 3.97. The molecule has 1 amide bonds. The molecule has 0 spiro atoms. The average Bonchev–Trinajstić information content (AvgIpc) is 3.12. The van der Waals surface area contributed by atoms with E-state index in [9.17, 15) is 4.79 Å². The highest BCUT2D eigenvalue weighted by Crippen LogP contribution is 2.34. The lowest BCUT2D eigenvalue weighted by Gasteiger charge is -2.12. The van der Waals surface area contributed by atoms with E-state index in [-0.39, 0.29) is 16.0 Å². The number of methoxy groups -OCH3 is 1. The van der Waals surface area contributed by atoms with Crippen LogP contribution in [0.25, 0.3) is 22.6 Å². The van der Waals surface area contributed by atoms with Crippen molar-refractivity contribution in [2.24, 2.45) is 0 Å². The van der Waals surface area contributed by atoms with Crippen molar-refractivity contribution in [1.82, 2.24) is 4.98 Å². The fraction of sp³-hybridized carbons (Fsp3) is 0.0909. The van der Waals surface area contributed by atoms with Crippen molar-refractivity contribution in [3.63, 3.8) is 0 Å². The number of benzene rings is 3. The number of fused-ring (bicyclic) bond motifs is 1. The van der Waals surface area contributed by atoms with Gasteiger partial charge in [0.05, 0.1) is 17.2 Å². The highest BCUT2D eigenvalue weighted by Gasteiger charge is 2.16. The zero-order valence-electron chi connectivity index (χ0n) is 15.9. The van der Waals surface area contributed by atoms with Crippen LogP contribution in [0.1, 0.15) is 15.9 Å². The van der Waals surface area contributed by atoms with Crippen LogP contribution in [0, 0.1) is 6.92 Å². The molecule has 1 aromatic heterocycles. The number of nitrogens with zero attached hydrogens (tertiary/aromatic N) is 1. The first-order valence-electron chi connectivity index (χ1n) is 8.87. The molecule has 0 aliphatic carbocycles. The van der Waals surface area contributed by atoms with E-state index in [1.54, 1.807) is 24.3 Å². The molecular weight excluding hydrogens is 447 g/mol. The Kier molecular flexibility index (Phi) is 5.60. The van der Waals surface area contributed by atoms with Gasteiger partial charge in [-0.25, -0.2) is 4.98 Å². The minimum atomic E-state index is -0.356. The lowest BCUT2D eigenvalue weighted by atomic mass is 10.1. The van der Waals surface area contributed by atoms with E-state index in [0.717, 1.165) is 5.56 Å². The molecule has 0 saturated heterocycles. The molecule has 1 heterocycles. The molecular formula is C22H15Cl3N2O3. The Balaban J connectivity index is 1.65. The number of hydrogen-bond acceptors (Lipinski definition) is 4. The maximum atomic E-state index is 12.8. The number of aryl methyl sites for hydroxylation is 1. The standard InChI is InChI=1S/C22H15Cl3N2O3/c1-11-3-4-12(22-27-18-10-14(23)5-6-19(18)30-22)9-17(11)26-21(28)13-7-15(24)20(29-2)16(25)8-13/h3-10H,1-2H3,(H,26,28). The fourth-order valence-electron chi connectivity index (χ4n) is 2.99. The van der Waals surface area contributed by atoms with Crippen LogP contribution < -0.4 is 10.1 Å². The van der Waals surface area contributed by atoms with E-state index < -0.39 is 0 Å². The van der Waals surface area contributed by atoms with E-state index in [0.29, 0.717) is 44.6 Å². The van der Waals surface area contributed by atoms with Gasteiger partial charge in [-0.2, -0.15) is 0 Å². The molecule has 8 heteroatoms. The molecule has 0 unspecified atom stereocenters. The summed E-state index contributed by atoms with van der Waals surface area (Å²) in [6, 6.07) is 13.8. The Morgan fingerprint density at radius 1 is 1.03 bits per heavy atom. The SMILES string of the molecule is COc1c(Cl)cc(C(=O)Nc2cc(-c3nc4cc(Cl)ccc4o3)ccc2C)cc1Cl. The van der Waals surface area contributed by atoms with Crippen LogP contribution in [0.4, 0.5) is 5.69 Å². The maximum Gasteiger partial charge on any atom is 0.255 e. The molecule has 5 nitrogen and oxygen atoms in total. The van der Waals surface area contributed by atoms with Gasteiger partial charge in [0, 0.05) is 21.8 Å². The summed E-state index contributed by atoms with van der Waals surface area (Å²) in [6.07, 6.45) is 0. The summed E-state index contributed by atoms with van der Waals surface area (Å²) in [5.41, 5.74) is 3.80. The number of ether oxygens (including phenoxy) is 1. The van der Waals surface area contributed by atoms with Gasteiger partial charge in [-0.1, -0.05) is 40.9 Å². The minimum Gasteiger partial charge on any atom is -0.494 e. The molecule has 0 radical (unpaired) electrons. The third-order valence-electron chi connectivity index (χ3n) is 4.55. The first kappa shape index (κ1) is 20.5. The van der Waals surface area contributed by atoms with Crippen LogP contribution in [0.2, 0.25) is 15.1 Å². The molecule has 152 valence electrons. The third kappa shape index (κ3) is 3.97. The zero-order valence-corrected chi connectivity index (χ0v) is 18.2. The molecule has 0 bridgehead atoms. The molecule has 0 aliphatic heterocycles. The number of hydrogen-bond donors (Lipinski definition) is 1. The summed E-state index contributed by atoms with van der Waals surface area (Å²) >= 11 is 18.3. The van der Waals surface area contributed by atoms with Crippen LogP contribution >= 0.6 is 34.8 Å². The topological polar surface area (TPSA) is 64.4 Å². The van der Waals surface area contributed by atoms with Gasteiger partial charge in [0.15, 0.2) is 11.3 Å². The molecule has 0 fully saturated rings. The normalized spacial score (nSPS) is 11.0. The number of oxazole rings is 1. The number of anilines is 1. The molecule has 0 saturated carbocycles. The maximum absolute atomic E-state index is 12.8. The summed E-state index contributed by atoms with van der Waals surface area (Å²) in [6.45, 7) is 1.89. The van der Waals surface area contributed by atoms with E-state index in [2.05, 4.69) is 10.3 Å². The Labute approximate surface area is 187 Å². The summed E-state index contributed by atoms with van der Waals surface area (Å²) in [4.78, 5) is 17.3. The van der Waals surface area contributed by atoms with Crippen LogP contribution in [0.5, 0.6) is 5.75 Å². The van der Waals surface area contributed by atoms with E-state index in [4.69, 9.17) is 44.0 Å². The number of carbonyl (C=O) groups is 1. The van der Waals surface area contributed by atoms with E-state index >= 15 is 0 Å². The highest BCUT2D eigenvalue weighted by molar-refractivity contribution is 6.37. The van der Waals surface area contributed by atoms with Gasteiger partial charge in [-0.15, -0.1) is 0 Å². The number of nitrogens with one attached hydrogen (secondary N) is 1. The van der Waals surface area contributed by atoms with Crippen molar-refractivity contribution in [3.8, 4) is 17.2 Å². The number of halogens is 3. The first-order valence-corrected chi connectivity index (χ1v) is 10.0. The first-order chi connectivity index (χ1) is 14.4. The molecule has 3 aromatic carbocycles. The van der Waals surface area contributed by atoms with Crippen molar-refractivity contribution in [1.29, 1.82) is 0 Å². The van der Waals surface area contributed by atoms with Gasteiger partial charge in [-0.05, 0) is 55.0 Å². The fourth-order valence-corrected chi connectivity index (χ4v) is 3.80. The monoisotopic (exact) mass is 460 g/mol. The highest BCUT2D eigenvalue weighted by atomic mass is 35.5. The third-order valence-corrected chi connectivity index (χ3v) is 5.34. The Hall–Kier alpha value is -2.73. The van der Waals surface area contributed by atoms with Gasteiger partial charge in [0.2, 0.25) is 5.89 Å². The molecule has 30 heavy (non-hydrogen) atoms. The van der Waals surface area contributed by atoms with Gasteiger partial charge in [0.25, 0.3) is 5.91 Å². The lowest BCUT2D eigenvalue weighted by Crippen LogP contribution is -2.13. The molecule has 4 aromatic rings. The van der Waals surface area contributed by atoms with Crippen LogP contribution in [0.3, 0.4) is 0 Å². The Morgan fingerprint density at radius 3 is 2.47 bits per heavy atom. The van der Waals surface area contributed by atoms with E-state index in [1.807, 2.05) is 19.1 Å². The summed E-state index contributed by atoms with van der Waals surface area (Å²) in [5.74, 6) is 0.397. The number of aromatic nitrogens is 1. The molecule has 0 aliphatic rings. The Morgan fingerprint density at radius 2 is 1.77 bits per heavy atom. The summed E-state index contributed by atoms with van der Waals surface area (Å²) < 4.78 is 10.9. The van der Waals surface area contributed by atoms with E-state index in [1.165, 1.54) is 19.2 Å². The van der Waals surface area contributed by atoms with Crippen LogP contribution in [-0.2, 0) is 0 Å². The van der Waals surface area contributed by atoms with Crippen molar-refractivity contribution < 1.29 is 13.9 Å². The summed E-state index contributed by atoms with van der Waals surface area (Å²) in [7, 11) is 1.46. The van der Waals surface area contributed by atoms with Gasteiger partial charge in [0.1, 0.15) is 5.52 Å². The zero-order chi connectivity index (χ0) is 21.4. The second-order valence-electron chi connectivity index (χ2n) is 6.59. The smallest absolute Gasteiger partial charge is 0.255 e. The predicted molar refractivity (Wildman–Crippen MR) is 120 cm³/mol. The quantitative estimate of drug-likeness (QED) is 0.354. The predicted octanol–water partition coefficient (Wildman–Crippen LogP) is 7.02. The largest absolute Gasteiger partial charge is 0.494 e. The average molecular weight is 462 g/mol. The lowest BCUT2D eigenvalue weighted by molar-refractivity contribution is 0.102. The van der Waals surface area contributed by atoms with Gasteiger partial charge in [-0.3, -0.25) is 4.79 Å². The molecule has 4 rings (SSSR count). The number of rotatable bonds is 4. The van der Waals surface area contributed by atoms with Crippen molar-refractivity contribution in [3.05, 3.63) is 74.7 Å². The second-order valence-corrected chi connectivity index (χ2v) is 7.84. The second kappa shape index (κ2) is 8.19. The molecule has 0 atom stereocenters. The Bertz CT molecular complexity index is 1260. The minimum absolute atomic E-state index is 0.255. The van der Waals surface area contributed by atoms with Crippen molar-refractivity contribution in [2.45, 2.75) is 6.92 Å².